The predicted molar refractivity (Wildman–Crippen MR) is 150 cm³/mol. The zero-order chi connectivity index (χ0) is 27.8. The minimum atomic E-state index is -3.37. The largest absolute Gasteiger partial charge is 0.321 e. The molecule has 1 aliphatic heterocycles. The molecule has 10 heteroatoms. The van der Waals surface area contributed by atoms with Crippen LogP contribution in [0.15, 0.2) is 53.6 Å². The van der Waals surface area contributed by atoms with Gasteiger partial charge in [0.15, 0.2) is 9.84 Å². The Labute approximate surface area is 231 Å². The van der Waals surface area contributed by atoms with Gasteiger partial charge in [-0.1, -0.05) is 36.8 Å². The van der Waals surface area contributed by atoms with Crippen LogP contribution in [-0.4, -0.2) is 85.6 Å². The molecule has 2 heterocycles. The molecule has 3 fully saturated rings. The number of urea groups is 1. The van der Waals surface area contributed by atoms with E-state index in [0.717, 1.165) is 51.3 Å². The highest BCUT2D eigenvalue weighted by atomic mass is 32.2. The standard InChI is InChI=1S/C29H39N5O4S/c1-32(2)29(23-10-5-4-6-11-23)16-14-28(15-17-29)21-33(27(36)34(28)19-22-8-7-9-22)20-26(35)31-25-13-12-24(18-30-25)39(3,37)38/h4-6,10-13,18,22H,7-9,14-17,19-21H2,1-3H3,(H,30,31,35). The average molecular weight is 554 g/mol. The Hall–Kier alpha value is -2.98. The molecule has 0 atom stereocenters. The van der Waals surface area contributed by atoms with Gasteiger partial charge in [0.05, 0.1) is 10.4 Å². The fraction of sp³-hybridized carbons (Fsp3) is 0.552. The van der Waals surface area contributed by atoms with Gasteiger partial charge < -0.3 is 15.1 Å². The van der Waals surface area contributed by atoms with Crippen LogP contribution in [0.3, 0.4) is 0 Å². The Bertz CT molecular complexity index is 1300. The topological polar surface area (TPSA) is 103 Å². The van der Waals surface area contributed by atoms with Crippen molar-refractivity contribution in [3.05, 3.63) is 54.2 Å². The number of nitrogens with one attached hydrogen (secondary N) is 1. The molecule has 210 valence electrons. The number of rotatable bonds is 8. The van der Waals surface area contributed by atoms with Gasteiger partial charge in [-0.05, 0) is 76.2 Å². The van der Waals surface area contributed by atoms with E-state index in [1.165, 1.54) is 30.3 Å². The summed E-state index contributed by atoms with van der Waals surface area (Å²) in [4.78, 5) is 37.0. The van der Waals surface area contributed by atoms with Crippen molar-refractivity contribution in [2.75, 3.05) is 45.3 Å². The molecule has 0 unspecified atom stereocenters. The quantitative estimate of drug-likeness (QED) is 0.535. The van der Waals surface area contributed by atoms with E-state index in [0.29, 0.717) is 12.5 Å². The van der Waals surface area contributed by atoms with Gasteiger partial charge in [0, 0.05) is 31.1 Å². The van der Waals surface area contributed by atoms with Crippen LogP contribution in [0.1, 0.15) is 50.5 Å². The third kappa shape index (κ3) is 5.41. The monoisotopic (exact) mass is 553 g/mol. The highest BCUT2D eigenvalue weighted by Crippen LogP contribution is 2.49. The summed E-state index contributed by atoms with van der Waals surface area (Å²) < 4.78 is 23.4. The minimum Gasteiger partial charge on any atom is -0.317 e. The van der Waals surface area contributed by atoms with E-state index in [-0.39, 0.29) is 40.3 Å². The molecule has 9 nitrogen and oxygen atoms in total. The lowest BCUT2D eigenvalue weighted by Crippen LogP contribution is -2.56. The first-order valence-corrected chi connectivity index (χ1v) is 15.7. The van der Waals surface area contributed by atoms with Gasteiger partial charge in [-0.3, -0.25) is 9.69 Å². The molecule has 1 N–H and O–H groups in total. The third-order valence-corrected chi connectivity index (χ3v) is 10.3. The number of amides is 3. The Balaban J connectivity index is 1.31. The van der Waals surface area contributed by atoms with Crippen LogP contribution in [0, 0.1) is 5.92 Å². The Morgan fingerprint density at radius 1 is 1.08 bits per heavy atom. The molecule has 2 aliphatic carbocycles. The first-order chi connectivity index (χ1) is 18.5. The number of nitrogens with zero attached hydrogens (tertiary/aromatic N) is 4. The lowest BCUT2D eigenvalue weighted by molar-refractivity contribution is -0.116. The van der Waals surface area contributed by atoms with E-state index in [4.69, 9.17) is 0 Å². The number of hydrogen-bond donors (Lipinski definition) is 1. The number of anilines is 1. The van der Waals surface area contributed by atoms with E-state index in [9.17, 15) is 18.0 Å². The molecule has 1 aromatic carbocycles. The lowest BCUT2D eigenvalue weighted by Gasteiger charge is -2.51. The summed E-state index contributed by atoms with van der Waals surface area (Å²) in [6, 6.07) is 13.5. The van der Waals surface area contributed by atoms with Crippen LogP contribution in [0.25, 0.3) is 0 Å². The van der Waals surface area contributed by atoms with Gasteiger partial charge in [-0.2, -0.15) is 0 Å². The van der Waals surface area contributed by atoms with Gasteiger partial charge in [0.1, 0.15) is 12.4 Å². The molecule has 39 heavy (non-hydrogen) atoms. The molecule has 3 aliphatic rings. The number of hydrogen-bond acceptors (Lipinski definition) is 6. The average Bonchev–Trinajstić information content (AvgIpc) is 3.11. The second-order valence-corrected chi connectivity index (χ2v) is 13.8. The van der Waals surface area contributed by atoms with E-state index < -0.39 is 9.84 Å². The molecule has 2 saturated carbocycles. The SMILES string of the molecule is CN(C)C1(c2ccccc2)CCC2(CC1)CN(CC(=O)Nc1ccc(S(C)(=O)=O)cn1)C(=O)N2CC1CCC1. The molecule has 3 amide bonds. The molecule has 1 saturated heterocycles. The van der Waals surface area contributed by atoms with Gasteiger partial charge in [-0.25, -0.2) is 18.2 Å². The van der Waals surface area contributed by atoms with E-state index in [1.54, 1.807) is 4.90 Å². The summed E-state index contributed by atoms with van der Waals surface area (Å²) in [6.45, 7) is 1.23. The van der Waals surface area contributed by atoms with E-state index in [1.807, 2.05) is 6.07 Å². The summed E-state index contributed by atoms with van der Waals surface area (Å²) in [5.74, 6) is 0.453. The fourth-order valence-corrected chi connectivity index (χ4v) is 7.10. The van der Waals surface area contributed by atoms with E-state index >= 15 is 0 Å². The van der Waals surface area contributed by atoms with Crippen molar-refractivity contribution in [2.45, 2.75) is 60.9 Å². The molecule has 0 bridgehead atoms. The van der Waals surface area contributed by atoms with Crippen molar-refractivity contribution in [1.82, 2.24) is 19.7 Å². The predicted octanol–water partition coefficient (Wildman–Crippen LogP) is 3.73. The van der Waals surface area contributed by atoms with Gasteiger partial charge in [0.2, 0.25) is 5.91 Å². The van der Waals surface area contributed by atoms with Gasteiger partial charge in [-0.15, -0.1) is 0 Å². The maximum atomic E-state index is 13.7. The minimum absolute atomic E-state index is 0.0607. The summed E-state index contributed by atoms with van der Waals surface area (Å²) in [5.41, 5.74) is 0.952. The van der Waals surface area contributed by atoms with Crippen LogP contribution in [-0.2, 0) is 20.2 Å². The van der Waals surface area contributed by atoms with Gasteiger partial charge in [0.25, 0.3) is 0 Å². The third-order valence-electron chi connectivity index (χ3n) is 9.17. The molecule has 0 radical (unpaired) electrons. The highest BCUT2D eigenvalue weighted by Gasteiger charge is 2.55. The number of sulfone groups is 1. The normalized spacial score (nSPS) is 25.8. The number of carbonyl (C=O) groups is 2. The van der Waals surface area contributed by atoms with Crippen molar-refractivity contribution in [3.63, 3.8) is 0 Å². The fourth-order valence-electron chi connectivity index (χ4n) is 6.54. The summed E-state index contributed by atoms with van der Waals surface area (Å²) in [7, 11) is 0.914. The highest BCUT2D eigenvalue weighted by molar-refractivity contribution is 7.90. The van der Waals surface area contributed by atoms with Gasteiger partial charge >= 0.3 is 6.03 Å². The molecule has 5 rings (SSSR count). The Morgan fingerprint density at radius 3 is 2.31 bits per heavy atom. The Morgan fingerprint density at radius 2 is 1.77 bits per heavy atom. The van der Waals surface area contributed by atoms with Crippen LogP contribution in [0.5, 0.6) is 0 Å². The summed E-state index contributed by atoms with van der Waals surface area (Å²) in [6.07, 6.45) is 9.50. The van der Waals surface area contributed by atoms with Crippen LogP contribution >= 0.6 is 0 Å². The van der Waals surface area contributed by atoms with Crippen molar-refractivity contribution in [3.8, 4) is 0 Å². The molecule has 1 spiro atoms. The van der Waals surface area contributed by atoms with Crippen molar-refractivity contribution in [1.29, 1.82) is 0 Å². The maximum absolute atomic E-state index is 13.7. The Kier molecular flexibility index (Phi) is 7.45. The maximum Gasteiger partial charge on any atom is 0.321 e. The molecule has 1 aromatic heterocycles. The number of pyridine rings is 1. The molecular weight excluding hydrogens is 514 g/mol. The zero-order valence-corrected chi connectivity index (χ0v) is 23.9. The van der Waals surface area contributed by atoms with Crippen molar-refractivity contribution < 1.29 is 18.0 Å². The smallest absolute Gasteiger partial charge is 0.317 e. The van der Waals surface area contributed by atoms with Crippen LogP contribution in [0.4, 0.5) is 10.6 Å². The van der Waals surface area contributed by atoms with Crippen LogP contribution in [0.2, 0.25) is 0 Å². The number of benzene rings is 1. The van der Waals surface area contributed by atoms with Crippen LogP contribution < -0.4 is 5.32 Å². The van der Waals surface area contributed by atoms with Crippen molar-refractivity contribution in [2.24, 2.45) is 5.92 Å². The summed E-state index contributed by atoms with van der Waals surface area (Å²) in [5, 5.41) is 2.72. The number of carbonyl (C=O) groups excluding carboxylic acids is 2. The molecular formula is C29H39N5O4S. The first-order valence-electron chi connectivity index (χ1n) is 13.8. The molecule has 2 aromatic rings. The zero-order valence-electron chi connectivity index (χ0n) is 23.1. The second kappa shape index (κ2) is 10.5. The number of aromatic nitrogens is 1. The van der Waals surface area contributed by atoms with Crippen molar-refractivity contribution >= 4 is 27.6 Å². The first kappa shape index (κ1) is 27.6. The second-order valence-electron chi connectivity index (χ2n) is 11.8. The van der Waals surface area contributed by atoms with E-state index in [2.05, 4.69) is 58.5 Å². The summed E-state index contributed by atoms with van der Waals surface area (Å²) >= 11 is 0. The lowest BCUT2D eigenvalue weighted by atomic mass is 9.68.